The SMILES string of the molecule is C[C@@H](O)C(=O)N1CCC1(C)C. The van der Waals surface area contributed by atoms with Crippen LogP contribution in [0.1, 0.15) is 27.2 Å². The van der Waals surface area contributed by atoms with Gasteiger partial charge in [0, 0.05) is 12.1 Å². The molecule has 1 saturated heterocycles. The fourth-order valence-electron chi connectivity index (χ4n) is 1.30. The first-order valence-corrected chi connectivity index (χ1v) is 3.95. The minimum atomic E-state index is -0.852. The Morgan fingerprint density at radius 1 is 1.64 bits per heavy atom. The molecular weight excluding hydrogens is 142 g/mol. The van der Waals surface area contributed by atoms with Crippen LogP contribution in [0.25, 0.3) is 0 Å². The average molecular weight is 157 g/mol. The minimum absolute atomic E-state index is 0.0337. The molecule has 0 bridgehead atoms. The van der Waals surface area contributed by atoms with Crippen LogP contribution in [0.3, 0.4) is 0 Å². The van der Waals surface area contributed by atoms with E-state index in [-0.39, 0.29) is 11.4 Å². The number of carbonyl (C=O) groups is 1. The van der Waals surface area contributed by atoms with Crippen LogP contribution in [-0.2, 0) is 4.79 Å². The normalized spacial score (nSPS) is 24.2. The molecule has 0 unspecified atom stereocenters. The molecule has 64 valence electrons. The van der Waals surface area contributed by atoms with Gasteiger partial charge < -0.3 is 10.0 Å². The molecular formula is C8H15NO2. The second kappa shape index (κ2) is 2.48. The Hall–Kier alpha value is -0.570. The summed E-state index contributed by atoms with van der Waals surface area (Å²) in [6, 6.07) is 0. The summed E-state index contributed by atoms with van der Waals surface area (Å²) in [6.07, 6.45) is 0.181. The van der Waals surface area contributed by atoms with Crippen molar-refractivity contribution in [3.05, 3.63) is 0 Å². The van der Waals surface area contributed by atoms with Gasteiger partial charge in [0.2, 0.25) is 0 Å². The van der Waals surface area contributed by atoms with Gasteiger partial charge >= 0.3 is 0 Å². The summed E-state index contributed by atoms with van der Waals surface area (Å²) < 4.78 is 0. The van der Waals surface area contributed by atoms with E-state index >= 15 is 0 Å². The largest absolute Gasteiger partial charge is 0.384 e. The smallest absolute Gasteiger partial charge is 0.251 e. The van der Waals surface area contributed by atoms with Crippen molar-refractivity contribution in [3.8, 4) is 0 Å². The molecule has 0 radical (unpaired) electrons. The Balaban J connectivity index is 2.56. The zero-order valence-corrected chi connectivity index (χ0v) is 7.29. The van der Waals surface area contributed by atoms with Gasteiger partial charge in [-0.2, -0.15) is 0 Å². The van der Waals surface area contributed by atoms with E-state index in [0.29, 0.717) is 0 Å². The molecule has 0 saturated carbocycles. The lowest BCUT2D eigenvalue weighted by Crippen LogP contribution is -2.60. The van der Waals surface area contributed by atoms with E-state index in [9.17, 15) is 4.79 Å². The first-order valence-electron chi connectivity index (χ1n) is 3.95. The molecule has 1 rings (SSSR count). The van der Waals surface area contributed by atoms with E-state index in [4.69, 9.17) is 5.11 Å². The number of likely N-dealkylation sites (tertiary alicyclic amines) is 1. The number of rotatable bonds is 1. The van der Waals surface area contributed by atoms with Crippen molar-refractivity contribution in [3.63, 3.8) is 0 Å². The molecule has 1 N–H and O–H groups in total. The number of aliphatic hydroxyl groups is 1. The molecule has 0 aromatic heterocycles. The molecule has 0 aromatic rings. The molecule has 0 aromatic carbocycles. The highest BCUT2D eigenvalue weighted by Gasteiger charge is 2.40. The van der Waals surface area contributed by atoms with Gasteiger partial charge in [-0.15, -0.1) is 0 Å². The fourth-order valence-corrected chi connectivity index (χ4v) is 1.30. The predicted molar refractivity (Wildman–Crippen MR) is 42.1 cm³/mol. The summed E-state index contributed by atoms with van der Waals surface area (Å²) in [6.45, 7) is 6.32. The summed E-state index contributed by atoms with van der Waals surface area (Å²) in [5.41, 5.74) is -0.0337. The summed E-state index contributed by atoms with van der Waals surface area (Å²) in [5.74, 6) is -0.152. The van der Waals surface area contributed by atoms with Gasteiger partial charge in [0.1, 0.15) is 6.10 Å². The van der Waals surface area contributed by atoms with Gasteiger partial charge in [-0.05, 0) is 27.2 Å². The average Bonchev–Trinajstić information content (AvgIpc) is 1.85. The summed E-state index contributed by atoms with van der Waals surface area (Å²) in [4.78, 5) is 12.9. The topological polar surface area (TPSA) is 40.5 Å². The molecule has 0 spiro atoms. The number of aliphatic hydroxyl groups excluding tert-OH is 1. The van der Waals surface area contributed by atoms with Crippen LogP contribution in [0, 0.1) is 0 Å². The van der Waals surface area contributed by atoms with Crippen LogP contribution >= 0.6 is 0 Å². The van der Waals surface area contributed by atoms with Crippen LogP contribution in [0.5, 0.6) is 0 Å². The number of hydrogen-bond acceptors (Lipinski definition) is 2. The Bertz CT molecular complexity index is 175. The van der Waals surface area contributed by atoms with E-state index in [1.165, 1.54) is 6.92 Å². The number of amides is 1. The number of nitrogens with zero attached hydrogens (tertiary/aromatic N) is 1. The highest BCUT2D eigenvalue weighted by atomic mass is 16.3. The maximum absolute atomic E-state index is 11.2. The highest BCUT2D eigenvalue weighted by Crippen LogP contribution is 2.29. The first-order chi connectivity index (χ1) is 4.95. The number of hydrogen-bond donors (Lipinski definition) is 1. The number of carbonyl (C=O) groups excluding carboxylic acids is 1. The molecule has 3 heteroatoms. The van der Waals surface area contributed by atoms with Gasteiger partial charge in [-0.3, -0.25) is 4.79 Å². The van der Waals surface area contributed by atoms with Crippen molar-refractivity contribution in [1.82, 2.24) is 4.90 Å². The lowest BCUT2D eigenvalue weighted by molar-refractivity contribution is -0.153. The summed E-state index contributed by atoms with van der Waals surface area (Å²) >= 11 is 0. The van der Waals surface area contributed by atoms with Crippen molar-refractivity contribution in [1.29, 1.82) is 0 Å². The predicted octanol–water partition coefficient (Wildman–Crippen LogP) is 0.378. The van der Waals surface area contributed by atoms with Crippen LogP contribution in [0.2, 0.25) is 0 Å². The Morgan fingerprint density at radius 2 is 2.18 bits per heavy atom. The van der Waals surface area contributed by atoms with E-state index in [0.717, 1.165) is 13.0 Å². The third-order valence-corrected chi connectivity index (χ3v) is 2.30. The van der Waals surface area contributed by atoms with Gasteiger partial charge in [-0.1, -0.05) is 0 Å². The molecule has 3 nitrogen and oxygen atoms in total. The molecule has 1 fully saturated rings. The van der Waals surface area contributed by atoms with Crippen LogP contribution in [0.4, 0.5) is 0 Å². The van der Waals surface area contributed by atoms with Gasteiger partial charge in [0.15, 0.2) is 0 Å². The van der Waals surface area contributed by atoms with Crippen LogP contribution in [-0.4, -0.2) is 34.1 Å². The van der Waals surface area contributed by atoms with Crippen LogP contribution < -0.4 is 0 Å². The van der Waals surface area contributed by atoms with E-state index in [1.807, 2.05) is 13.8 Å². The molecule has 11 heavy (non-hydrogen) atoms. The summed E-state index contributed by atoms with van der Waals surface area (Å²) in [7, 11) is 0. The van der Waals surface area contributed by atoms with Gasteiger partial charge in [-0.25, -0.2) is 0 Å². The zero-order valence-electron chi connectivity index (χ0n) is 7.29. The van der Waals surface area contributed by atoms with E-state index < -0.39 is 6.10 Å². The highest BCUT2D eigenvalue weighted by molar-refractivity contribution is 5.81. The van der Waals surface area contributed by atoms with Gasteiger partial charge in [0.05, 0.1) is 0 Å². The zero-order chi connectivity index (χ0) is 8.65. The minimum Gasteiger partial charge on any atom is -0.384 e. The summed E-state index contributed by atoms with van der Waals surface area (Å²) in [5, 5.41) is 9.00. The monoisotopic (exact) mass is 157 g/mol. The van der Waals surface area contributed by atoms with Crippen molar-refractivity contribution in [2.45, 2.75) is 38.8 Å². The van der Waals surface area contributed by atoms with Gasteiger partial charge in [0.25, 0.3) is 5.91 Å². The molecule has 0 aliphatic carbocycles. The lowest BCUT2D eigenvalue weighted by Gasteiger charge is -2.48. The molecule has 1 amide bonds. The lowest BCUT2D eigenvalue weighted by atomic mass is 9.88. The van der Waals surface area contributed by atoms with Crippen LogP contribution in [0.15, 0.2) is 0 Å². The molecule has 1 aliphatic heterocycles. The van der Waals surface area contributed by atoms with E-state index in [2.05, 4.69) is 0 Å². The van der Waals surface area contributed by atoms with Crippen molar-refractivity contribution in [2.75, 3.05) is 6.54 Å². The van der Waals surface area contributed by atoms with E-state index in [1.54, 1.807) is 4.90 Å². The third kappa shape index (κ3) is 1.38. The van der Waals surface area contributed by atoms with Crippen molar-refractivity contribution < 1.29 is 9.90 Å². The first kappa shape index (κ1) is 8.53. The molecule has 1 atom stereocenters. The fraction of sp³-hybridized carbons (Fsp3) is 0.875. The Morgan fingerprint density at radius 3 is 2.27 bits per heavy atom. The quantitative estimate of drug-likeness (QED) is 0.597. The molecule has 1 heterocycles. The third-order valence-electron chi connectivity index (χ3n) is 2.30. The molecule has 1 aliphatic rings. The Labute approximate surface area is 67.0 Å². The second-order valence-electron chi connectivity index (χ2n) is 3.73. The second-order valence-corrected chi connectivity index (χ2v) is 3.73. The maximum atomic E-state index is 11.2. The van der Waals surface area contributed by atoms with Crippen molar-refractivity contribution in [2.24, 2.45) is 0 Å². The standard InChI is InChI=1S/C8H15NO2/c1-6(10)7(11)9-5-4-8(9,2)3/h6,10H,4-5H2,1-3H3/t6-/m1/s1. The Kier molecular flexibility index (Phi) is 1.92. The maximum Gasteiger partial charge on any atom is 0.251 e. The van der Waals surface area contributed by atoms with Crippen molar-refractivity contribution >= 4 is 5.91 Å².